The fourth-order valence-electron chi connectivity index (χ4n) is 1.34. The van der Waals surface area contributed by atoms with E-state index in [2.05, 4.69) is 16.6 Å². The molecule has 0 unspecified atom stereocenters. The van der Waals surface area contributed by atoms with E-state index in [0.717, 1.165) is 18.7 Å². The highest BCUT2D eigenvalue weighted by Crippen LogP contribution is 2.13. The Kier molecular flexibility index (Phi) is 6.47. The molecular formula is C12H18N2O2S. The van der Waals surface area contributed by atoms with Gasteiger partial charge in [-0.05, 0) is 37.5 Å². The fourth-order valence-corrected chi connectivity index (χ4v) is 1.78. The van der Waals surface area contributed by atoms with Gasteiger partial charge in [-0.3, -0.25) is 0 Å². The van der Waals surface area contributed by atoms with Gasteiger partial charge in [0.1, 0.15) is 11.4 Å². The minimum atomic E-state index is -0.326. The third-order valence-electron chi connectivity index (χ3n) is 2.12. The minimum Gasteiger partial charge on any atom is -0.462 e. The number of nitrogens with one attached hydrogen (secondary N) is 1. The summed E-state index contributed by atoms with van der Waals surface area (Å²) in [6.07, 6.45) is 4.78. The molecule has 0 amide bonds. The molecule has 0 saturated heterocycles. The van der Waals surface area contributed by atoms with Crippen LogP contribution in [0.15, 0.2) is 18.3 Å². The number of thioether (sulfide) groups is 1. The molecule has 4 nitrogen and oxygen atoms in total. The van der Waals surface area contributed by atoms with Crippen LogP contribution in [-0.2, 0) is 4.74 Å². The molecule has 1 aromatic heterocycles. The van der Waals surface area contributed by atoms with Crippen LogP contribution in [0.2, 0.25) is 0 Å². The average molecular weight is 254 g/mol. The van der Waals surface area contributed by atoms with Crippen molar-refractivity contribution in [1.82, 2.24) is 4.98 Å². The molecule has 0 bridgehead atoms. The molecule has 0 spiro atoms. The normalized spacial score (nSPS) is 10.0. The average Bonchev–Trinajstić information content (AvgIpc) is 2.35. The first-order chi connectivity index (χ1) is 8.29. The maximum atomic E-state index is 11.6. The Morgan fingerprint density at radius 3 is 3.12 bits per heavy atom. The zero-order valence-corrected chi connectivity index (χ0v) is 11.0. The molecule has 0 aliphatic rings. The predicted octanol–water partition coefficient (Wildman–Crippen LogP) is 2.42. The second-order valence-electron chi connectivity index (χ2n) is 3.39. The lowest BCUT2D eigenvalue weighted by Gasteiger charge is -2.09. The van der Waals surface area contributed by atoms with E-state index in [4.69, 9.17) is 4.74 Å². The van der Waals surface area contributed by atoms with E-state index in [1.54, 1.807) is 37.0 Å². The van der Waals surface area contributed by atoms with Gasteiger partial charge in [0, 0.05) is 12.7 Å². The molecule has 0 aromatic carbocycles. The largest absolute Gasteiger partial charge is 0.462 e. The third-order valence-corrected chi connectivity index (χ3v) is 2.82. The Balaban J connectivity index is 2.61. The van der Waals surface area contributed by atoms with Gasteiger partial charge in [-0.1, -0.05) is 0 Å². The molecule has 0 atom stereocenters. The van der Waals surface area contributed by atoms with E-state index in [1.165, 1.54) is 0 Å². The number of hydrogen-bond donors (Lipinski definition) is 1. The SMILES string of the molecule is CCOC(=O)c1cccnc1NCCCSC. The Bertz CT molecular complexity index is 358. The summed E-state index contributed by atoms with van der Waals surface area (Å²) in [6, 6.07) is 3.46. The van der Waals surface area contributed by atoms with Crippen LogP contribution in [0.3, 0.4) is 0 Å². The highest BCUT2D eigenvalue weighted by molar-refractivity contribution is 7.98. The number of nitrogens with zero attached hydrogens (tertiary/aromatic N) is 1. The first-order valence-corrected chi connectivity index (χ1v) is 7.04. The molecule has 94 valence electrons. The Morgan fingerprint density at radius 2 is 2.41 bits per heavy atom. The summed E-state index contributed by atoms with van der Waals surface area (Å²) in [7, 11) is 0. The van der Waals surface area contributed by atoms with Crippen LogP contribution in [0.4, 0.5) is 5.82 Å². The maximum Gasteiger partial charge on any atom is 0.341 e. The van der Waals surface area contributed by atoms with Crippen molar-refractivity contribution in [1.29, 1.82) is 0 Å². The highest BCUT2D eigenvalue weighted by Gasteiger charge is 2.12. The summed E-state index contributed by atoms with van der Waals surface area (Å²) in [6.45, 7) is 2.98. The number of pyridine rings is 1. The van der Waals surface area contributed by atoms with Crippen LogP contribution in [0.5, 0.6) is 0 Å². The van der Waals surface area contributed by atoms with E-state index >= 15 is 0 Å². The second-order valence-corrected chi connectivity index (χ2v) is 4.38. The van der Waals surface area contributed by atoms with Gasteiger partial charge in [-0.15, -0.1) is 0 Å². The van der Waals surface area contributed by atoms with Gasteiger partial charge >= 0.3 is 5.97 Å². The van der Waals surface area contributed by atoms with Gasteiger partial charge in [0.2, 0.25) is 0 Å². The van der Waals surface area contributed by atoms with Gasteiger partial charge in [0.25, 0.3) is 0 Å². The van der Waals surface area contributed by atoms with E-state index in [0.29, 0.717) is 18.0 Å². The van der Waals surface area contributed by atoms with Crippen LogP contribution in [-0.4, -0.2) is 36.1 Å². The van der Waals surface area contributed by atoms with E-state index in [-0.39, 0.29) is 5.97 Å². The Hall–Kier alpha value is -1.23. The Labute approximate surface area is 106 Å². The third kappa shape index (κ3) is 4.65. The molecule has 1 aromatic rings. The lowest BCUT2D eigenvalue weighted by molar-refractivity contribution is 0.0527. The first kappa shape index (κ1) is 13.8. The number of esters is 1. The van der Waals surface area contributed by atoms with Crippen molar-refractivity contribution >= 4 is 23.5 Å². The van der Waals surface area contributed by atoms with Crippen molar-refractivity contribution < 1.29 is 9.53 Å². The Morgan fingerprint density at radius 1 is 1.59 bits per heavy atom. The first-order valence-electron chi connectivity index (χ1n) is 5.64. The number of ether oxygens (including phenoxy) is 1. The molecule has 0 aliphatic carbocycles. The topological polar surface area (TPSA) is 51.2 Å². The van der Waals surface area contributed by atoms with E-state index in [1.807, 2.05) is 0 Å². The van der Waals surface area contributed by atoms with Crippen LogP contribution in [0.1, 0.15) is 23.7 Å². The fraction of sp³-hybridized carbons (Fsp3) is 0.500. The zero-order chi connectivity index (χ0) is 12.5. The molecular weight excluding hydrogens is 236 g/mol. The van der Waals surface area contributed by atoms with Crippen LogP contribution >= 0.6 is 11.8 Å². The van der Waals surface area contributed by atoms with Crippen molar-refractivity contribution in [3.63, 3.8) is 0 Å². The summed E-state index contributed by atoms with van der Waals surface area (Å²) in [5.74, 6) is 1.37. The van der Waals surface area contributed by atoms with Gasteiger partial charge < -0.3 is 10.1 Å². The van der Waals surface area contributed by atoms with Gasteiger partial charge in [0.15, 0.2) is 0 Å². The molecule has 0 aliphatic heterocycles. The van der Waals surface area contributed by atoms with Gasteiger partial charge in [0.05, 0.1) is 6.61 Å². The smallest absolute Gasteiger partial charge is 0.341 e. The number of carbonyl (C=O) groups is 1. The van der Waals surface area contributed by atoms with E-state index in [9.17, 15) is 4.79 Å². The molecule has 1 heterocycles. The van der Waals surface area contributed by atoms with E-state index < -0.39 is 0 Å². The molecule has 1 rings (SSSR count). The van der Waals surface area contributed by atoms with Crippen molar-refractivity contribution in [2.24, 2.45) is 0 Å². The summed E-state index contributed by atoms with van der Waals surface area (Å²) in [5, 5.41) is 3.16. The van der Waals surface area contributed by atoms with Crippen molar-refractivity contribution in [2.75, 3.05) is 30.5 Å². The van der Waals surface area contributed by atoms with Crippen LogP contribution in [0, 0.1) is 0 Å². The monoisotopic (exact) mass is 254 g/mol. The zero-order valence-electron chi connectivity index (χ0n) is 10.2. The van der Waals surface area contributed by atoms with Crippen LogP contribution < -0.4 is 5.32 Å². The lowest BCUT2D eigenvalue weighted by atomic mass is 10.2. The van der Waals surface area contributed by atoms with Gasteiger partial charge in [-0.25, -0.2) is 9.78 Å². The number of aromatic nitrogens is 1. The highest BCUT2D eigenvalue weighted by atomic mass is 32.2. The quantitative estimate of drug-likeness (QED) is 0.598. The van der Waals surface area contributed by atoms with Gasteiger partial charge in [-0.2, -0.15) is 11.8 Å². The van der Waals surface area contributed by atoms with Crippen molar-refractivity contribution in [3.05, 3.63) is 23.9 Å². The molecule has 0 saturated carbocycles. The summed E-state index contributed by atoms with van der Waals surface area (Å²) in [5.41, 5.74) is 0.499. The van der Waals surface area contributed by atoms with Crippen molar-refractivity contribution in [2.45, 2.75) is 13.3 Å². The lowest BCUT2D eigenvalue weighted by Crippen LogP contribution is -2.12. The minimum absolute atomic E-state index is 0.326. The molecule has 17 heavy (non-hydrogen) atoms. The van der Waals surface area contributed by atoms with Crippen molar-refractivity contribution in [3.8, 4) is 0 Å². The summed E-state index contributed by atoms with van der Waals surface area (Å²) < 4.78 is 4.97. The summed E-state index contributed by atoms with van der Waals surface area (Å²) >= 11 is 1.80. The molecule has 5 heteroatoms. The second kappa shape index (κ2) is 7.95. The summed E-state index contributed by atoms with van der Waals surface area (Å²) in [4.78, 5) is 15.8. The molecule has 0 fully saturated rings. The maximum absolute atomic E-state index is 11.6. The standard InChI is InChI=1S/C12H18N2O2S/c1-3-16-12(15)10-6-4-7-13-11(10)14-8-5-9-17-2/h4,6-7H,3,5,8-9H2,1-2H3,(H,13,14). The number of rotatable bonds is 7. The number of hydrogen-bond acceptors (Lipinski definition) is 5. The molecule has 0 radical (unpaired) electrons. The number of anilines is 1. The number of carbonyl (C=O) groups excluding carboxylic acids is 1. The molecule has 1 N–H and O–H groups in total. The van der Waals surface area contributed by atoms with Crippen LogP contribution in [0.25, 0.3) is 0 Å². The predicted molar refractivity (Wildman–Crippen MR) is 71.7 cm³/mol.